The highest BCUT2D eigenvalue weighted by molar-refractivity contribution is 5.93. The molecule has 160 valence electrons. The van der Waals surface area contributed by atoms with Crippen molar-refractivity contribution >= 4 is 11.8 Å². The van der Waals surface area contributed by atoms with Crippen LogP contribution in [0.4, 0.5) is 0 Å². The van der Waals surface area contributed by atoms with Gasteiger partial charge in [0, 0.05) is 29.3 Å². The van der Waals surface area contributed by atoms with Crippen molar-refractivity contribution in [1.29, 1.82) is 5.26 Å². The number of nitrogens with one attached hydrogen (secondary N) is 1. The lowest BCUT2D eigenvalue weighted by molar-refractivity contribution is -0.139. The van der Waals surface area contributed by atoms with Crippen LogP contribution in [0.5, 0.6) is 0 Å². The Balaban J connectivity index is 1.38. The lowest BCUT2D eigenvalue weighted by atomic mass is 9.63. The molecule has 3 unspecified atom stereocenters. The van der Waals surface area contributed by atoms with Gasteiger partial charge >= 0.3 is 0 Å². The van der Waals surface area contributed by atoms with Crippen LogP contribution in [0.1, 0.15) is 61.8 Å². The molecule has 3 N–H and O–H groups in total. The average molecular weight is 419 g/mol. The molecule has 2 amide bonds. The molecule has 2 aromatic heterocycles. The summed E-state index contributed by atoms with van der Waals surface area (Å²) in [7, 11) is 0. The molecular weight excluding hydrogens is 394 g/mol. The Hall–Kier alpha value is -3.28. The van der Waals surface area contributed by atoms with E-state index in [1.807, 2.05) is 17.8 Å². The monoisotopic (exact) mass is 419 g/mol. The number of carbonyl (C=O) groups is 2. The van der Waals surface area contributed by atoms with Crippen molar-refractivity contribution in [3.8, 4) is 17.3 Å². The van der Waals surface area contributed by atoms with Crippen LogP contribution in [-0.2, 0) is 4.79 Å². The van der Waals surface area contributed by atoms with Crippen molar-refractivity contribution in [3.63, 3.8) is 0 Å². The third-order valence-corrected chi connectivity index (χ3v) is 7.48. The maximum atomic E-state index is 13.1. The zero-order valence-corrected chi connectivity index (χ0v) is 17.4. The Kier molecular flexibility index (Phi) is 4.36. The highest BCUT2D eigenvalue weighted by Crippen LogP contribution is 2.55. The fourth-order valence-electron chi connectivity index (χ4n) is 5.74. The zero-order valence-electron chi connectivity index (χ0n) is 17.4. The second-order valence-corrected chi connectivity index (χ2v) is 9.68. The summed E-state index contributed by atoms with van der Waals surface area (Å²) in [4.78, 5) is 28.7. The minimum Gasteiger partial charge on any atom is -0.366 e. The quantitative estimate of drug-likeness (QED) is 0.759. The van der Waals surface area contributed by atoms with E-state index in [4.69, 9.17) is 11.0 Å². The Morgan fingerprint density at radius 3 is 2.84 bits per heavy atom. The summed E-state index contributed by atoms with van der Waals surface area (Å²) in [5, 5.41) is 21.1. The van der Waals surface area contributed by atoms with Crippen molar-refractivity contribution in [1.82, 2.24) is 25.3 Å². The Morgan fingerprint density at radius 2 is 2.13 bits per heavy atom. The van der Waals surface area contributed by atoms with Gasteiger partial charge in [0.05, 0.1) is 29.4 Å². The number of nitrogens with two attached hydrogens (primary N) is 1. The van der Waals surface area contributed by atoms with Crippen molar-refractivity contribution in [2.75, 3.05) is 0 Å². The molecule has 3 atom stereocenters. The molecular formula is C22H25N7O2. The fourth-order valence-corrected chi connectivity index (χ4v) is 5.74. The van der Waals surface area contributed by atoms with Crippen LogP contribution in [0.2, 0.25) is 0 Å². The second-order valence-electron chi connectivity index (χ2n) is 9.68. The largest absolute Gasteiger partial charge is 0.366 e. The van der Waals surface area contributed by atoms with Crippen LogP contribution in [0.15, 0.2) is 24.7 Å². The lowest BCUT2D eigenvalue weighted by Gasteiger charge is -2.44. The molecule has 2 aromatic rings. The number of amides is 2. The number of pyridine rings is 1. The molecule has 2 heterocycles. The van der Waals surface area contributed by atoms with Gasteiger partial charge in [-0.25, -0.2) is 4.68 Å². The average Bonchev–Trinajstić information content (AvgIpc) is 3.45. The molecule has 0 aliphatic heterocycles. The van der Waals surface area contributed by atoms with E-state index < -0.39 is 11.3 Å². The van der Waals surface area contributed by atoms with Gasteiger partial charge in [-0.2, -0.15) is 5.26 Å². The van der Waals surface area contributed by atoms with Crippen LogP contribution < -0.4 is 11.1 Å². The number of aromatic nitrogens is 4. The topological polar surface area (TPSA) is 140 Å². The smallest absolute Gasteiger partial charge is 0.250 e. The first-order chi connectivity index (χ1) is 14.8. The predicted octanol–water partition coefficient (Wildman–Crippen LogP) is 1.98. The number of primary amides is 1. The van der Waals surface area contributed by atoms with Gasteiger partial charge in [-0.3, -0.25) is 14.6 Å². The number of nitrogens with zero attached hydrogens (tertiary/aromatic N) is 5. The summed E-state index contributed by atoms with van der Waals surface area (Å²) >= 11 is 0. The predicted molar refractivity (Wildman–Crippen MR) is 110 cm³/mol. The van der Waals surface area contributed by atoms with Crippen molar-refractivity contribution in [3.05, 3.63) is 30.2 Å². The summed E-state index contributed by atoms with van der Waals surface area (Å²) in [5.41, 5.74) is 6.17. The SMILES string of the molecule is CC1(C(=O)NC23CCC(CC2n2cc(-c4cncc(C(N)=O)c4)nn2)C3)CC(C#N)C1. The Labute approximate surface area is 180 Å². The summed E-state index contributed by atoms with van der Waals surface area (Å²) in [6.07, 6.45) is 10.1. The molecule has 3 fully saturated rings. The normalized spacial score (nSPS) is 33.5. The van der Waals surface area contributed by atoms with Crippen LogP contribution >= 0.6 is 0 Å². The standard InChI is InChI=1S/C22H25N7O2/c1-21(6-14(7-21)9-23)20(31)26-22-3-2-13(8-22)4-18(22)29-12-17(27-28-29)15-5-16(19(24)30)11-25-10-15/h5,10-14,18H,2-4,6-8H2,1H3,(H2,24,30)(H,26,31). The van der Waals surface area contributed by atoms with Gasteiger partial charge in [0.15, 0.2) is 0 Å². The summed E-state index contributed by atoms with van der Waals surface area (Å²) in [6.45, 7) is 1.95. The third-order valence-electron chi connectivity index (χ3n) is 7.48. The van der Waals surface area contributed by atoms with Gasteiger partial charge in [0.1, 0.15) is 5.69 Å². The van der Waals surface area contributed by atoms with E-state index in [0.717, 1.165) is 25.7 Å². The highest BCUT2D eigenvalue weighted by atomic mass is 16.2. The van der Waals surface area contributed by atoms with Gasteiger partial charge < -0.3 is 11.1 Å². The van der Waals surface area contributed by atoms with Crippen molar-refractivity contribution in [2.45, 2.75) is 57.0 Å². The summed E-state index contributed by atoms with van der Waals surface area (Å²) in [6, 6.07) is 3.95. The van der Waals surface area contributed by atoms with Gasteiger partial charge in [-0.1, -0.05) is 12.1 Å². The number of rotatable bonds is 5. The van der Waals surface area contributed by atoms with Gasteiger partial charge in [0.2, 0.25) is 11.8 Å². The molecule has 0 saturated heterocycles. The van der Waals surface area contributed by atoms with Crippen LogP contribution in [0.3, 0.4) is 0 Å². The first kappa shape index (κ1) is 19.7. The van der Waals surface area contributed by atoms with Crippen LogP contribution in [0.25, 0.3) is 11.3 Å². The minimum absolute atomic E-state index is 0.0217. The molecule has 5 rings (SSSR count). The first-order valence-electron chi connectivity index (χ1n) is 10.7. The third kappa shape index (κ3) is 3.17. The lowest BCUT2D eigenvalue weighted by Crippen LogP contribution is -2.57. The van der Waals surface area contributed by atoms with E-state index in [9.17, 15) is 9.59 Å². The molecule has 9 nitrogen and oxygen atoms in total. The van der Waals surface area contributed by atoms with Crippen LogP contribution in [0, 0.1) is 28.6 Å². The van der Waals surface area contributed by atoms with E-state index in [1.165, 1.54) is 6.20 Å². The number of hydrogen-bond donors (Lipinski definition) is 2. The maximum Gasteiger partial charge on any atom is 0.250 e. The minimum atomic E-state index is -0.542. The summed E-state index contributed by atoms with van der Waals surface area (Å²) < 4.78 is 1.85. The van der Waals surface area contributed by atoms with E-state index in [1.54, 1.807) is 12.3 Å². The number of fused-ring (bicyclic) bond motifs is 2. The van der Waals surface area contributed by atoms with Crippen molar-refractivity contribution in [2.24, 2.45) is 23.0 Å². The number of nitriles is 1. The molecule has 3 aliphatic carbocycles. The second kappa shape index (κ2) is 6.87. The van der Waals surface area contributed by atoms with Gasteiger partial charge in [-0.05, 0) is 50.5 Å². The number of carbonyl (C=O) groups excluding carboxylic acids is 2. The van der Waals surface area contributed by atoms with E-state index in [0.29, 0.717) is 35.6 Å². The molecule has 31 heavy (non-hydrogen) atoms. The van der Waals surface area contributed by atoms with E-state index in [-0.39, 0.29) is 23.4 Å². The number of hydrogen-bond acceptors (Lipinski definition) is 6. The molecule has 0 spiro atoms. The maximum absolute atomic E-state index is 13.1. The molecule has 3 saturated carbocycles. The first-order valence-corrected chi connectivity index (χ1v) is 10.7. The van der Waals surface area contributed by atoms with E-state index >= 15 is 0 Å². The van der Waals surface area contributed by atoms with Crippen molar-refractivity contribution < 1.29 is 9.59 Å². The van der Waals surface area contributed by atoms with Gasteiger partial charge in [0.25, 0.3) is 0 Å². The van der Waals surface area contributed by atoms with Gasteiger partial charge in [-0.15, -0.1) is 5.10 Å². The highest BCUT2D eigenvalue weighted by Gasteiger charge is 2.57. The zero-order chi connectivity index (χ0) is 21.8. The molecule has 0 radical (unpaired) electrons. The molecule has 9 heteroatoms. The van der Waals surface area contributed by atoms with Crippen LogP contribution in [-0.4, -0.2) is 37.3 Å². The van der Waals surface area contributed by atoms with E-state index in [2.05, 4.69) is 26.7 Å². The summed E-state index contributed by atoms with van der Waals surface area (Å²) in [5.74, 6) is 0.0374. The molecule has 3 aliphatic rings. The fraction of sp³-hybridized carbons (Fsp3) is 0.545. The molecule has 0 aromatic carbocycles. The Bertz CT molecular complexity index is 1100. The molecule has 2 bridgehead atoms. The Morgan fingerprint density at radius 1 is 1.32 bits per heavy atom.